The van der Waals surface area contributed by atoms with E-state index in [4.69, 9.17) is 0 Å². The van der Waals surface area contributed by atoms with Crippen LogP contribution in [0, 0.1) is 19.7 Å². The lowest BCUT2D eigenvalue weighted by Gasteiger charge is -2.28. The lowest BCUT2D eigenvalue weighted by Crippen LogP contribution is -2.27. The second-order valence-corrected chi connectivity index (χ2v) is 7.81. The normalized spacial score (nSPS) is 19.3. The number of halogens is 1. The summed E-state index contributed by atoms with van der Waals surface area (Å²) in [7, 11) is 0. The van der Waals surface area contributed by atoms with E-state index in [1.165, 1.54) is 9.77 Å². The zero-order chi connectivity index (χ0) is 15.0. The largest absolute Gasteiger partial charge is 0.302 e. The van der Waals surface area contributed by atoms with Crippen LogP contribution in [0.2, 0.25) is 0 Å². The van der Waals surface area contributed by atoms with Crippen LogP contribution < -0.4 is 5.32 Å². The highest BCUT2D eigenvalue weighted by Gasteiger charge is 2.24. The van der Waals surface area contributed by atoms with Gasteiger partial charge < -0.3 is 5.32 Å². The number of nitrogens with one attached hydrogen (secondary N) is 1. The molecule has 0 saturated carbocycles. The van der Waals surface area contributed by atoms with Crippen LogP contribution in [0.25, 0.3) is 0 Å². The highest BCUT2D eigenvalue weighted by Crippen LogP contribution is 2.38. The van der Waals surface area contributed by atoms with Gasteiger partial charge in [-0.05, 0) is 56.7 Å². The Morgan fingerprint density at radius 1 is 1.38 bits per heavy atom. The molecule has 0 fully saturated rings. The van der Waals surface area contributed by atoms with Gasteiger partial charge >= 0.3 is 0 Å². The Labute approximate surface area is 133 Å². The molecule has 0 spiro atoms. The number of thioether (sulfide) groups is 1. The lowest BCUT2D eigenvalue weighted by atomic mass is 10.0. The average molecular weight is 322 g/mol. The Kier molecular flexibility index (Phi) is 4.33. The molecule has 3 rings (SSSR count). The Bertz CT molecular complexity index is 654. The van der Waals surface area contributed by atoms with Gasteiger partial charge in [-0.3, -0.25) is 0 Å². The molecule has 0 radical (unpaired) electrons. The molecular weight excluding hydrogens is 303 g/mol. The smallest absolute Gasteiger partial charge is 0.123 e. The lowest BCUT2D eigenvalue weighted by molar-refractivity contribution is 0.450. The van der Waals surface area contributed by atoms with Crippen LogP contribution in [0.15, 0.2) is 23.1 Å². The van der Waals surface area contributed by atoms with Crippen molar-refractivity contribution in [3.63, 3.8) is 0 Å². The number of fused-ring (bicyclic) bond motifs is 1. The zero-order valence-electron chi connectivity index (χ0n) is 12.4. The van der Waals surface area contributed by atoms with E-state index in [2.05, 4.69) is 24.1 Å². The van der Waals surface area contributed by atoms with E-state index >= 15 is 0 Å². The Morgan fingerprint density at radius 3 is 2.90 bits per heavy atom. The van der Waals surface area contributed by atoms with Crippen molar-refractivity contribution in [3.05, 3.63) is 45.2 Å². The molecule has 2 nitrogen and oxygen atoms in total. The zero-order valence-corrected chi connectivity index (χ0v) is 14.1. The summed E-state index contributed by atoms with van der Waals surface area (Å²) < 4.78 is 13.6. The summed E-state index contributed by atoms with van der Waals surface area (Å²) in [6, 6.07) is 5.58. The van der Waals surface area contributed by atoms with Gasteiger partial charge in [0, 0.05) is 21.9 Å². The molecule has 2 heterocycles. The number of hydrogen-bond donors (Lipinski definition) is 1. The molecule has 1 aromatic heterocycles. The van der Waals surface area contributed by atoms with Crippen molar-refractivity contribution in [2.75, 3.05) is 5.75 Å². The number of nitrogens with zero attached hydrogens (tertiary/aromatic N) is 1. The van der Waals surface area contributed by atoms with Gasteiger partial charge in [0.2, 0.25) is 0 Å². The third-order valence-electron chi connectivity index (χ3n) is 3.80. The fraction of sp³-hybridized carbons (Fsp3) is 0.438. The van der Waals surface area contributed by atoms with Gasteiger partial charge in [0.05, 0.1) is 10.7 Å². The van der Waals surface area contributed by atoms with E-state index in [0.717, 1.165) is 28.4 Å². The summed E-state index contributed by atoms with van der Waals surface area (Å²) in [5, 5.41) is 4.76. The maximum atomic E-state index is 13.6. The monoisotopic (exact) mass is 322 g/mol. The summed E-state index contributed by atoms with van der Waals surface area (Å²) in [5.74, 6) is 0.921. The molecule has 2 aromatic rings. The first-order valence-electron chi connectivity index (χ1n) is 7.17. The van der Waals surface area contributed by atoms with E-state index in [-0.39, 0.29) is 17.9 Å². The van der Waals surface area contributed by atoms with Crippen LogP contribution in [-0.4, -0.2) is 10.7 Å². The fourth-order valence-electron chi connectivity index (χ4n) is 2.86. The highest BCUT2D eigenvalue weighted by molar-refractivity contribution is 7.99. The van der Waals surface area contributed by atoms with Gasteiger partial charge in [0.1, 0.15) is 5.82 Å². The predicted octanol–water partition coefficient (Wildman–Crippen LogP) is 4.79. The van der Waals surface area contributed by atoms with Crippen LogP contribution in [0.5, 0.6) is 0 Å². The van der Waals surface area contributed by atoms with Crippen molar-refractivity contribution in [2.24, 2.45) is 0 Å². The van der Waals surface area contributed by atoms with Crippen LogP contribution in [0.4, 0.5) is 4.39 Å². The average Bonchev–Trinajstić information content (AvgIpc) is 2.78. The maximum Gasteiger partial charge on any atom is 0.123 e. The van der Waals surface area contributed by atoms with Crippen molar-refractivity contribution in [2.45, 2.75) is 44.2 Å². The van der Waals surface area contributed by atoms with Crippen molar-refractivity contribution in [3.8, 4) is 0 Å². The molecule has 0 amide bonds. The van der Waals surface area contributed by atoms with Gasteiger partial charge in [0.25, 0.3) is 0 Å². The topological polar surface area (TPSA) is 24.9 Å². The molecular formula is C16H19FN2S2. The number of hydrogen-bond acceptors (Lipinski definition) is 4. The predicted molar refractivity (Wildman–Crippen MR) is 87.6 cm³/mol. The van der Waals surface area contributed by atoms with Crippen molar-refractivity contribution >= 4 is 23.1 Å². The summed E-state index contributed by atoms with van der Waals surface area (Å²) in [5.41, 5.74) is 2.19. The number of aromatic nitrogens is 1. The third kappa shape index (κ3) is 3.15. The molecule has 2 atom stereocenters. The number of rotatable bonds is 3. The quantitative estimate of drug-likeness (QED) is 0.879. The Balaban J connectivity index is 1.83. The molecule has 1 aromatic carbocycles. The number of benzene rings is 1. The molecule has 0 bridgehead atoms. The van der Waals surface area contributed by atoms with Gasteiger partial charge in [-0.1, -0.05) is 0 Å². The number of thiazole rings is 1. The van der Waals surface area contributed by atoms with Crippen molar-refractivity contribution < 1.29 is 4.39 Å². The maximum absolute atomic E-state index is 13.6. The van der Waals surface area contributed by atoms with Gasteiger partial charge in [-0.25, -0.2) is 9.37 Å². The molecule has 1 N–H and O–H groups in total. The van der Waals surface area contributed by atoms with E-state index in [1.807, 2.05) is 24.8 Å². The van der Waals surface area contributed by atoms with E-state index in [1.54, 1.807) is 23.5 Å². The SMILES string of the molecule is Cc1nc(C)c(C(C)NC2CCSc3ccc(F)cc32)s1. The molecule has 1 aliphatic heterocycles. The molecule has 2 unspecified atom stereocenters. The van der Waals surface area contributed by atoms with E-state index in [9.17, 15) is 4.39 Å². The van der Waals surface area contributed by atoms with E-state index in [0.29, 0.717) is 0 Å². The third-order valence-corrected chi connectivity index (χ3v) is 6.17. The standard InChI is InChI=1S/C16H19FN2S2/c1-9-16(21-11(3)18-9)10(2)19-14-6-7-20-15-5-4-12(17)8-13(14)15/h4-5,8,10,14,19H,6-7H2,1-3H3. The minimum atomic E-state index is -0.152. The molecule has 0 aliphatic carbocycles. The fourth-order valence-corrected chi connectivity index (χ4v) is 4.91. The Morgan fingerprint density at radius 2 is 2.19 bits per heavy atom. The minimum Gasteiger partial charge on any atom is -0.302 e. The van der Waals surface area contributed by atoms with E-state index < -0.39 is 0 Å². The van der Waals surface area contributed by atoms with Crippen LogP contribution >= 0.6 is 23.1 Å². The first-order chi connectivity index (χ1) is 10.0. The summed E-state index contributed by atoms with van der Waals surface area (Å²) in [4.78, 5) is 6.98. The van der Waals surface area contributed by atoms with Crippen LogP contribution in [0.3, 0.4) is 0 Å². The van der Waals surface area contributed by atoms with Crippen molar-refractivity contribution in [1.29, 1.82) is 0 Å². The second kappa shape index (κ2) is 6.07. The van der Waals surface area contributed by atoms with Gasteiger partial charge in [-0.15, -0.1) is 23.1 Å². The molecule has 0 saturated heterocycles. The van der Waals surface area contributed by atoms with Crippen molar-refractivity contribution in [1.82, 2.24) is 10.3 Å². The van der Waals surface area contributed by atoms with Gasteiger partial charge in [-0.2, -0.15) is 0 Å². The molecule has 112 valence electrons. The highest BCUT2D eigenvalue weighted by atomic mass is 32.2. The first-order valence-corrected chi connectivity index (χ1v) is 8.97. The summed E-state index contributed by atoms with van der Waals surface area (Å²) in [6.45, 7) is 6.26. The van der Waals surface area contributed by atoms with Gasteiger partial charge in [0.15, 0.2) is 0 Å². The number of aryl methyl sites for hydroxylation is 2. The second-order valence-electron chi connectivity index (χ2n) is 5.44. The first kappa shape index (κ1) is 15.0. The summed E-state index contributed by atoms with van der Waals surface area (Å²) in [6.07, 6.45) is 1.03. The van der Waals surface area contributed by atoms with Crippen LogP contribution in [0.1, 0.15) is 46.6 Å². The molecule has 1 aliphatic rings. The summed E-state index contributed by atoms with van der Waals surface area (Å²) >= 11 is 3.56. The van der Waals surface area contributed by atoms with Crippen LogP contribution in [-0.2, 0) is 0 Å². The molecule has 5 heteroatoms. The molecule has 21 heavy (non-hydrogen) atoms. The Hall–Kier alpha value is -0.910. The minimum absolute atomic E-state index is 0.152.